The van der Waals surface area contributed by atoms with Crippen LogP contribution in [0.5, 0.6) is 5.75 Å². The fraction of sp³-hybridized carbons (Fsp3) is 0.211. The number of aromatic nitrogens is 2. The monoisotopic (exact) mass is 337 g/mol. The second-order valence-corrected chi connectivity index (χ2v) is 6.11. The fourth-order valence-corrected chi connectivity index (χ4v) is 2.94. The molecule has 128 valence electrons. The number of benzene rings is 1. The molecule has 6 nitrogen and oxygen atoms in total. The van der Waals surface area contributed by atoms with Crippen LogP contribution in [-0.4, -0.2) is 27.6 Å². The third-order valence-electron chi connectivity index (χ3n) is 4.22. The zero-order chi connectivity index (χ0) is 18.3. The third kappa shape index (κ3) is 2.76. The molecule has 2 aromatic heterocycles. The summed E-state index contributed by atoms with van der Waals surface area (Å²) in [6.45, 7) is 3.74. The van der Waals surface area contributed by atoms with Crippen LogP contribution in [0, 0.1) is 13.8 Å². The van der Waals surface area contributed by atoms with Crippen molar-refractivity contribution in [3.63, 3.8) is 0 Å². The van der Waals surface area contributed by atoms with E-state index in [0.717, 1.165) is 11.3 Å². The average Bonchev–Trinajstić information content (AvgIpc) is 2.58. The SMILES string of the molecule is Cc1cc(C)nc(N(C)C(=O)c2c(O)c3ccccc3n(C)c2=O)c1. The minimum atomic E-state index is -0.596. The summed E-state index contributed by atoms with van der Waals surface area (Å²) in [7, 11) is 3.12. The fourth-order valence-electron chi connectivity index (χ4n) is 2.94. The van der Waals surface area contributed by atoms with E-state index >= 15 is 0 Å². The van der Waals surface area contributed by atoms with E-state index < -0.39 is 11.5 Å². The lowest BCUT2D eigenvalue weighted by molar-refractivity contribution is 0.0988. The highest BCUT2D eigenvalue weighted by Crippen LogP contribution is 2.27. The highest BCUT2D eigenvalue weighted by molar-refractivity contribution is 6.09. The van der Waals surface area contributed by atoms with Gasteiger partial charge in [0.1, 0.15) is 17.1 Å². The van der Waals surface area contributed by atoms with Crippen molar-refractivity contribution < 1.29 is 9.90 Å². The summed E-state index contributed by atoms with van der Waals surface area (Å²) >= 11 is 0. The van der Waals surface area contributed by atoms with E-state index in [4.69, 9.17) is 0 Å². The van der Waals surface area contributed by atoms with Gasteiger partial charge in [0.25, 0.3) is 11.5 Å². The molecule has 3 rings (SSSR count). The Morgan fingerprint density at radius 2 is 1.88 bits per heavy atom. The summed E-state index contributed by atoms with van der Waals surface area (Å²) in [5, 5.41) is 11.0. The van der Waals surface area contributed by atoms with E-state index in [-0.39, 0.29) is 11.3 Å². The topological polar surface area (TPSA) is 75.4 Å². The van der Waals surface area contributed by atoms with Gasteiger partial charge in [-0.2, -0.15) is 0 Å². The molecule has 0 radical (unpaired) electrons. The number of pyridine rings is 2. The Morgan fingerprint density at radius 3 is 2.56 bits per heavy atom. The van der Waals surface area contributed by atoms with Gasteiger partial charge in [-0.1, -0.05) is 12.1 Å². The normalized spacial score (nSPS) is 10.9. The highest BCUT2D eigenvalue weighted by Gasteiger charge is 2.25. The average molecular weight is 337 g/mol. The molecule has 0 fully saturated rings. The van der Waals surface area contributed by atoms with Gasteiger partial charge in [0.05, 0.1) is 5.52 Å². The summed E-state index contributed by atoms with van der Waals surface area (Å²) in [6, 6.07) is 10.6. The minimum absolute atomic E-state index is 0.260. The number of nitrogens with zero attached hydrogens (tertiary/aromatic N) is 3. The first kappa shape index (κ1) is 16.7. The number of fused-ring (bicyclic) bond motifs is 1. The minimum Gasteiger partial charge on any atom is -0.506 e. The van der Waals surface area contributed by atoms with Crippen molar-refractivity contribution in [2.75, 3.05) is 11.9 Å². The molecule has 25 heavy (non-hydrogen) atoms. The van der Waals surface area contributed by atoms with Gasteiger partial charge in [-0.15, -0.1) is 0 Å². The molecule has 0 bridgehead atoms. The van der Waals surface area contributed by atoms with Crippen LogP contribution < -0.4 is 10.5 Å². The van der Waals surface area contributed by atoms with Crippen molar-refractivity contribution in [1.82, 2.24) is 9.55 Å². The number of anilines is 1. The lowest BCUT2D eigenvalue weighted by atomic mass is 10.1. The summed E-state index contributed by atoms with van der Waals surface area (Å²) in [4.78, 5) is 31.2. The maximum Gasteiger partial charge on any atom is 0.268 e. The molecule has 1 aromatic carbocycles. The zero-order valence-corrected chi connectivity index (χ0v) is 14.6. The van der Waals surface area contributed by atoms with E-state index in [1.165, 1.54) is 16.5 Å². The Balaban J connectivity index is 2.19. The first-order valence-electron chi connectivity index (χ1n) is 7.85. The van der Waals surface area contributed by atoms with Crippen molar-refractivity contribution in [2.45, 2.75) is 13.8 Å². The summed E-state index contributed by atoms with van der Waals surface area (Å²) in [5.74, 6) is -0.474. The van der Waals surface area contributed by atoms with Gasteiger partial charge >= 0.3 is 0 Å². The first-order valence-corrected chi connectivity index (χ1v) is 7.85. The molecule has 0 unspecified atom stereocenters. The van der Waals surface area contributed by atoms with Crippen LogP contribution in [-0.2, 0) is 7.05 Å². The summed E-state index contributed by atoms with van der Waals surface area (Å²) < 4.78 is 1.37. The van der Waals surface area contributed by atoms with E-state index in [2.05, 4.69) is 4.98 Å². The van der Waals surface area contributed by atoms with E-state index in [0.29, 0.717) is 16.7 Å². The standard InChI is InChI=1S/C19H19N3O3/c1-11-9-12(2)20-15(10-11)22(4)19(25)16-17(23)13-7-5-6-8-14(13)21(3)18(16)24/h5-10,23H,1-4H3. The predicted molar refractivity (Wildman–Crippen MR) is 97.3 cm³/mol. The largest absolute Gasteiger partial charge is 0.506 e. The van der Waals surface area contributed by atoms with Crippen LogP contribution in [0.15, 0.2) is 41.2 Å². The second kappa shape index (κ2) is 6.05. The molecule has 0 aliphatic heterocycles. The number of hydrogen-bond donors (Lipinski definition) is 1. The maximum absolute atomic E-state index is 12.9. The van der Waals surface area contributed by atoms with E-state index in [1.807, 2.05) is 19.9 Å². The van der Waals surface area contributed by atoms with Crippen LogP contribution in [0.3, 0.4) is 0 Å². The highest BCUT2D eigenvalue weighted by atomic mass is 16.3. The molecule has 2 heterocycles. The third-order valence-corrected chi connectivity index (χ3v) is 4.22. The quantitative estimate of drug-likeness (QED) is 0.780. The number of para-hydroxylation sites is 1. The van der Waals surface area contributed by atoms with Crippen molar-refractivity contribution >= 4 is 22.6 Å². The molecule has 1 N–H and O–H groups in total. The number of aryl methyl sites for hydroxylation is 3. The molecule has 0 saturated carbocycles. The Labute approximate surface area is 145 Å². The van der Waals surface area contributed by atoms with E-state index in [1.54, 1.807) is 37.4 Å². The lowest BCUT2D eigenvalue weighted by Gasteiger charge is -2.19. The van der Waals surface area contributed by atoms with Gasteiger partial charge in [-0.05, 0) is 43.7 Å². The number of rotatable bonds is 2. The van der Waals surface area contributed by atoms with Crippen molar-refractivity contribution in [2.24, 2.45) is 7.05 Å². The lowest BCUT2D eigenvalue weighted by Crippen LogP contribution is -2.34. The Hall–Kier alpha value is -3.15. The molecule has 1 amide bonds. The molecule has 0 spiro atoms. The van der Waals surface area contributed by atoms with Gasteiger partial charge in [-0.3, -0.25) is 14.5 Å². The van der Waals surface area contributed by atoms with Gasteiger partial charge in [-0.25, -0.2) is 4.98 Å². The molecular weight excluding hydrogens is 318 g/mol. The molecule has 0 saturated heterocycles. The molecule has 3 aromatic rings. The number of amides is 1. The molecule has 6 heteroatoms. The Bertz CT molecular complexity index is 1030. The van der Waals surface area contributed by atoms with Crippen LogP contribution in [0.25, 0.3) is 10.9 Å². The van der Waals surface area contributed by atoms with Crippen LogP contribution in [0.4, 0.5) is 5.82 Å². The van der Waals surface area contributed by atoms with Crippen LogP contribution >= 0.6 is 0 Å². The number of aromatic hydroxyl groups is 1. The predicted octanol–water partition coefficient (Wildman–Crippen LogP) is 2.53. The second-order valence-electron chi connectivity index (χ2n) is 6.11. The van der Waals surface area contributed by atoms with Crippen molar-refractivity contribution in [3.8, 4) is 5.75 Å². The number of carbonyl (C=O) groups excluding carboxylic acids is 1. The van der Waals surface area contributed by atoms with Gasteiger partial charge in [0, 0.05) is 25.2 Å². The van der Waals surface area contributed by atoms with Gasteiger partial charge in [0.2, 0.25) is 0 Å². The first-order chi connectivity index (χ1) is 11.8. The summed E-state index contributed by atoms with van der Waals surface area (Å²) in [6.07, 6.45) is 0. The van der Waals surface area contributed by atoms with Crippen molar-refractivity contribution in [1.29, 1.82) is 0 Å². The molecule has 0 aliphatic carbocycles. The van der Waals surface area contributed by atoms with Gasteiger partial charge < -0.3 is 9.67 Å². The Morgan fingerprint density at radius 1 is 1.20 bits per heavy atom. The summed E-state index contributed by atoms with van der Waals surface area (Å²) in [5.41, 5.74) is 1.49. The van der Waals surface area contributed by atoms with Crippen LogP contribution in [0.1, 0.15) is 21.6 Å². The number of carbonyl (C=O) groups is 1. The van der Waals surface area contributed by atoms with E-state index in [9.17, 15) is 14.7 Å². The molecule has 0 aliphatic rings. The zero-order valence-electron chi connectivity index (χ0n) is 14.6. The number of hydrogen-bond acceptors (Lipinski definition) is 4. The van der Waals surface area contributed by atoms with Crippen LogP contribution in [0.2, 0.25) is 0 Å². The smallest absolute Gasteiger partial charge is 0.268 e. The van der Waals surface area contributed by atoms with Crippen molar-refractivity contribution in [3.05, 3.63) is 63.6 Å². The maximum atomic E-state index is 12.9. The Kier molecular flexibility index (Phi) is 4.04. The molecular formula is C19H19N3O3. The molecule has 0 atom stereocenters. The van der Waals surface area contributed by atoms with Gasteiger partial charge in [0.15, 0.2) is 0 Å².